The molecule has 94 valence electrons. The molecule has 0 saturated carbocycles. The Hall–Kier alpha value is -1.88. The molecule has 2 aromatic rings. The van der Waals surface area contributed by atoms with Gasteiger partial charge in [0.25, 0.3) is 0 Å². The summed E-state index contributed by atoms with van der Waals surface area (Å²) >= 11 is 4.97. The van der Waals surface area contributed by atoms with Crippen LogP contribution >= 0.6 is 12.2 Å². The van der Waals surface area contributed by atoms with E-state index in [4.69, 9.17) is 21.7 Å². The molecule has 1 heterocycles. The number of aromatic nitrogens is 2. The van der Waals surface area contributed by atoms with Gasteiger partial charge in [-0.25, -0.2) is 0 Å². The molecule has 0 atom stereocenters. The van der Waals surface area contributed by atoms with Crippen molar-refractivity contribution in [2.45, 2.75) is 6.92 Å². The average Bonchev–Trinajstić information content (AvgIpc) is 2.40. The summed E-state index contributed by atoms with van der Waals surface area (Å²) in [6, 6.07) is 9.38. The van der Waals surface area contributed by atoms with Gasteiger partial charge in [-0.15, -0.1) is 0 Å². The lowest BCUT2D eigenvalue weighted by atomic mass is 10.1. The fourth-order valence-corrected chi connectivity index (χ4v) is 1.72. The standard InChI is InChI=1S/C13H14N2O2S/c1-3-17-12-8-9(4-6-11(12)16-2)10-5-7-13(18)15-14-10/h4-8H,3H2,1-2H3,(H,15,18). The molecule has 1 aromatic carbocycles. The zero-order valence-corrected chi connectivity index (χ0v) is 11.1. The van der Waals surface area contributed by atoms with E-state index in [1.54, 1.807) is 7.11 Å². The van der Waals surface area contributed by atoms with Gasteiger partial charge in [0.15, 0.2) is 11.5 Å². The molecule has 0 aliphatic heterocycles. The summed E-state index contributed by atoms with van der Waals surface area (Å²) in [7, 11) is 1.62. The molecular formula is C13H14N2O2S. The number of nitrogens with one attached hydrogen (secondary N) is 1. The van der Waals surface area contributed by atoms with E-state index in [1.807, 2.05) is 37.3 Å². The van der Waals surface area contributed by atoms with Crippen LogP contribution in [0.4, 0.5) is 0 Å². The van der Waals surface area contributed by atoms with Gasteiger partial charge in [0, 0.05) is 5.56 Å². The summed E-state index contributed by atoms with van der Waals surface area (Å²) in [5, 5.41) is 6.95. The predicted molar refractivity (Wildman–Crippen MR) is 72.6 cm³/mol. The van der Waals surface area contributed by atoms with Crippen molar-refractivity contribution in [2.24, 2.45) is 0 Å². The van der Waals surface area contributed by atoms with Crippen LogP contribution in [0, 0.1) is 4.64 Å². The number of ether oxygens (including phenoxy) is 2. The van der Waals surface area contributed by atoms with Crippen LogP contribution in [0.2, 0.25) is 0 Å². The Kier molecular flexibility index (Phi) is 3.94. The molecule has 0 spiro atoms. The minimum absolute atomic E-state index is 0.588. The highest BCUT2D eigenvalue weighted by atomic mass is 32.1. The van der Waals surface area contributed by atoms with E-state index in [9.17, 15) is 0 Å². The smallest absolute Gasteiger partial charge is 0.161 e. The van der Waals surface area contributed by atoms with Crippen LogP contribution in [-0.4, -0.2) is 23.9 Å². The number of H-pyrrole nitrogens is 1. The Bertz CT molecular complexity index is 575. The summed E-state index contributed by atoms with van der Waals surface area (Å²) in [5.74, 6) is 1.42. The highest BCUT2D eigenvalue weighted by Crippen LogP contribution is 2.31. The Labute approximate surface area is 111 Å². The third-order valence-corrected chi connectivity index (χ3v) is 2.67. The van der Waals surface area contributed by atoms with Crippen molar-refractivity contribution < 1.29 is 9.47 Å². The molecule has 0 radical (unpaired) electrons. The summed E-state index contributed by atoms with van der Waals surface area (Å²) in [5.41, 5.74) is 1.76. The number of hydrogen-bond donors (Lipinski definition) is 1. The van der Waals surface area contributed by atoms with Gasteiger partial charge in [0.1, 0.15) is 4.64 Å². The Balaban J connectivity index is 2.42. The van der Waals surface area contributed by atoms with Crippen molar-refractivity contribution in [1.82, 2.24) is 10.2 Å². The molecule has 0 saturated heterocycles. The molecule has 4 nitrogen and oxygen atoms in total. The van der Waals surface area contributed by atoms with Gasteiger partial charge in [0.05, 0.1) is 19.4 Å². The second-order valence-electron chi connectivity index (χ2n) is 3.61. The summed E-state index contributed by atoms with van der Waals surface area (Å²) in [6.07, 6.45) is 0. The van der Waals surface area contributed by atoms with Crippen LogP contribution in [0.5, 0.6) is 11.5 Å². The van der Waals surface area contributed by atoms with E-state index in [-0.39, 0.29) is 0 Å². The number of nitrogens with zero attached hydrogens (tertiary/aromatic N) is 1. The van der Waals surface area contributed by atoms with Gasteiger partial charge in [-0.1, -0.05) is 12.2 Å². The maximum atomic E-state index is 5.53. The van der Waals surface area contributed by atoms with Gasteiger partial charge < -0.3 is 9.47 Å². The SMILES string of the molecule is CCOc1cc(-c2ccc(=S)[nH]n2)ccc1OC. The van der Waals surface area contributed by atoms with Gasteiger partial charge in [0.2, 0.25) is 0 Å². The second-order valence-corrected chi connectivity index (χ2v) is 4.04. The molecule has 18 heavy (non-hydrogen) atoms. The van der Waals surface area contributed by atoms with E-state index in [0.717, 1.165) is 11.3 Å². The molecular weight excluding hydrogens is 248 g/mol. The van der Waals surface area contributed by atoms with E-state index >= 15 is 0 Å². The second kappa shape index (κ2) is 5.64. The first-order valence-corrected chi connectivity index (χ1v) is 6.02. The maximum Gasteiger partial charge on any atom is 0.161 e. The fourth-order valence-electron chi connectivity index (χ4n) is 1.61. The van der Waals surface area contributed by atoms with Gasteiger partial charge in [-0.05, 0) is 37.3 Å². The molecule has 0 bridgehead atoms. The van der Waals surface area contributed by atoms with Crippen LogP contribution in [0.15, 0.2) is 30.3 Å². The van der Waals surface area contributed by atoms with Gasteiger partial charge in [-0.2, -0.15) is 5.10 Å². The minimum Gasteiger partial charge on any atom is -0.493 e. The average molecular weight is 262 g/mol. The molecule has 0 aliphatic carbocycles. The topological polar surface area (TPSA) is 47.1 Å². The quantitative estimate of drug-likeness (QED) is 0.859. The number of hydrogen-bond acceptors (Lipinski definition) is 4. The van der Waals surface area contributed by atoms with Gasteiger partial charge >= 0.3 is 0 Å². The predicted octanol–water partition coefficient (Wildman–Crippen LogP) is 3.21. The van der Waals surface area contributed by atoms with Crippen molar-refractivity contribution in [2.75, 3.05) is 13.7 Å². The number of methoxy groups -OCH3 is 1. The van der Waals surface area contributed by atoms with E-state index in [0.29, 0.717) is 22.7 Å². The van der Waals surface area contributed by atoms with Crippen molar-refractivity contribution in [1.29, 1.82) is 0 Å². The zero-order valence-electron chi connectivity index (χ0n) is 10.3. The summed E-state index contributed by atoms with van der Waals surface area (Å²) < 4.78 is 11.4. The lowest BCUT2D eigenvalue weighted by molar-refractivity contribution is 0.311. The van der Waals surface area contributed by atoms with Crippen molar-refractivity contribution in [3.8, 4) is 22.8 Å². The van der Waals surface area contributed by atoms with Crippen LogP contribution in [0.25, 0.3) is 11.3 Å². The van der Waals surface area contributed by atoms with E-state index in [1.165, 1.54) is 0 Å². The highest BCUT2D eigenvalue weighted by molar-refractivity contribution is 7.71. The van der Waals surface area contributed by atoms with Crippen LogP contribution < -0.4 is 9.47 Å². The monoisotopic (exact) mass is 262 g/mol. The molecule has 1 N–H and O–H groups in total. The Morgan fingerprint density at radius 3 is 2.67 bits per heavy atom. The van der Waals surface area contributed by atoms with Crippen LogP contribution in [0.3, 0.4) is 0 Å². The molecule has 5 heteroatoms. The van der Waals surface area contributed by atoms with E-state index < -0.39 is 0 Å². The maximum absolute atomic E-state index is 5.53. The highest BCUT2D eigenvalue weighted by Gasteiger charge is 2.07. The van der Waals surface area contributed by atoms with Crippen molar-refractivity contribution in [3.63, 3.8) is 0 Å². The third kappa shape index (κ3) is 2.68. The molecule has 1 aromatic heterocycles. The number of benzene rings is 1. The van der Waals surface area contributed by atoms with Crippen LogP contribution in [0.1, 0.15) is 6.92 Å². The van der Waals surface area contributed by atoms with Crippen molar-refractivity contribution in [3.05, 3.63) is 35.0 Å². The summed E-state index contributed by atoms with van der Waals surface area (Å²) in [6.45, 7) is 2.52. The molecule has 0 amide bonds. The first kappa shape index (κ1) is 12.6. The van der Waals surface area contributed by atoms with Gasteiger partial charge in [-0.3, -0.25) is 5.10 Å². The zero-order chi connectivity index (χ0) is 13.0. The lowest BCUT2D eigenvalue weighted by Crippen LogP contribution is -1.96. The first-order valence-electron chi connectivity index (χ1n) is 5.61. The summed E-state index contributed by atoms with van der Waals surface area (Å²) in [4.78, 5) is 0. The largest absolute Gasteiger partial charge is 0.493 e. The minimum atomic E-state index is 0.588. The van der Waals surface area contributed by atoms with Crippen LogP contribution in [-0.2, 0) is 0 Å². The Morgan fingerprint density at radius 1 is 1.22 bits per heavy atom. The molecule has 0 aliphatic rings. The molecule has 0 fully saturated rings. The van der Waals surface area contributed by atoms with Crippen molar-refractivity contribution >= 4 is 12.2 Å². The molecule has 2 rings (SSSR count). The first-order chi connectivity index (χ1) is 8.74. The lowest BCUT2D eigenvalue weighted by Gasteiger charge is -2.10. The Morgan fingerprint density at radius 2 is 2.06 bits per heavy atom. The normalized spacial score (nSPS) is 10.1. The number of rotatable bonds is 4. The third-order valence-electron chi connectivity index (χ3n) is 2.44. The fraction of sp³-hybridized carbons (Fsp3) is 0.231. The number of aromatic amines is 1. The molecule has 0 unspecified atom stereocenters. The van der Waals surface area contributed by atoms with E-state index in [2.05, 4.69) is 10.2 Å².